The topological polar surface area (TPSA) is 30.5 Å². The molecule has 1 unspecified atom stereocenters. The van der Waals surface area contributed by atoms with E-state index in [-0.39, 0.29) is 6.04 Å². The standard InChI is InChI=1S/C18H23NO2/c1-13-9-10-18(21-4)16(11-13)14(2)19-12-15-7-5-6-8-17(15)20-3/h5-11,14,19H,12H2,1-4H3. The number of rotatable bonds is 6. The van der Waals surface area contributed by atoms with Crippen molar-refractivity contribution in [1.29, 1.82) is 0 Å². The lowest BCUT2D eigenvalue weighted by Gasteiger charge is -2.19. The molecule has 112 valence electrons. The minimum absolute atomic E-state index is 0.199. The molecule has 1 N–H and O–H groups in total. The van der Waals surface area contributed by atoms with Gasteiger partial charge in [-0.2, -0.15) is 0 Å². The van der Waals surface area contributed by atoms with Gasteiger partial charge in [0.2, 0.25) is 0 Å². The number of hydrogen-bond donors (Lipinski definition) is 1. The van der Waals surface area contributed by atoms with Crippen molar-refractivity contribution >= 4 is 0 Å². The van der Waals surface area contributed by atoms with Crippen LogP contribution in [0.5, 0.6) is 11.5 Å². The highest BCUT2D eigenvalue weighted by Crippen LogP contribution is 2.27. The zero-order valence-electron chi connectivity index (χ0n) is 13.1. The van der Waals surface area contributed by atoms with Gasteiger partial charge in [0.25, 0.3) is 0 Å². The van der Waals surface area contributed by atoms with E-state index in [1.807, 2.05) is 24.3 Å². The van der Waals surface area contributed by atoms with Gasteiger partial charge in [0, 0.05) is 23.7 Å². The third kappa shape index (κ3) is 3.76. The molecule has 0 fully saturated rings. The largest absolute Gasteiger partial charge is 0.496 e. The van der Waals surface area contributed by atoms with E-state index in [0.717, 1.165) is 23.6 Å². The molecule has 0 saturated carbocycles. The van der Waals surface area contributed by atoms with Crippen LogP contribution in [-0.2, 0) is 6.54 Å². The van der Waals surface area contributed by atoms with Gasteiger partial charge in [0.05, 0.1) is 14.2 Å². The van der Waals surface area contributed by atoms with Crippen molar-refractivity contribution in [2.24, 2.45) is 0 Å². The molecule has 0 spiro atoms. The van der Waals surface area contributed by atoms with Gasteiger partial charge in [-0.3, -0.25) is 0 Å². The maximum atomic E-state index is 5.45. The van der Waals surface area contributed by atoms with E-state index in [1.54, 1.807) is 14.2 Å². The molecule has 0 aliphatic heterocycles. The molecule has 0 aliphatic carbocycles. The Morgan fingerprint density at radius 3 is 2.43 bits per heavy atom. The van der Waals surface area contributed by atoms with E-state index in [0.29, 0.717) is 0 Å². The molecule has 2 aromatic carbocycles. The maximum Gasteiger partial charge on any atom is 0.123 e. The van der Waals surface area contributed by atoms with Gasteiger partial charge in [-0.1, -0.05) is 35.9 Å². The summed E-state index contributed by atoms with van der Waals surface area (Å²) in [6, 6.07) is 14.5. The Labute approximate surface area is 126 Å². The highest BCUT2D eigenvalue weighted by Gasteiger charge is 2.12. The lowest BCUT2D eigenvalue weighted by Crippen LogP contribution is -2.19. The number of aryl methyl sites for hydroxylation is 1. The second kappa shape index (κ2) is 7.14. The minimum atomic E-state index is 0.199. The Kier molecular flexibility index (Phi) is 5.23. The normalized spacial score (nSPS) is 12.0. The molecule has 0 bridgehead atoms. The van der Waals surface area contributed by atoms with Gasteiger partial charge in [-0.05, 0) is 26.0 Å². The minimum Gasteiger partial charge on any atom is -0.496 e. The third-order valence-electron chi connectivity index (χ3n) is 3.64. The quantitative estimate of drug-likeness (QED) is 0.874. The van der Waals surface area contributed by atoms with Crippen LogP contribution in [0.4, 0.5) is 0 Å². The number of para-hydroxylation sites is 1. The molecule has 0 aromatic heterocycles. The summed E-state index contributed by atoms with van der Waals surface area (Å²) in [6.07, 6.45) is 0. The average Bonchev–Trinajstić information content (AvgIpc) is 2.52. The van der Waals surface area contributed by atoms with Crippen LogP contribution in [-0.4, -0.2) is 14.2 Å². The van der Waals surface area contributed by atoms with Crippen LogP contribution in [0.1, 0.15) is 29.7 Å². The first-order chi connectivity index (χ1) is 10.2. The molecule has 0 radical (unpaired) electrons. The van der Waals surface area contributed by atoms with Crippen LogP contribution in [0.3, 0.4) is 0 Å². The molecule has 3 nitrogen and oxygen atoms in total. The summed E-state index contributed by atoms with van der Waals surface area (Å²) in [5.74, 6) is 1.83. The van der Waals surface area contributed by atoms with Crippen LogP contribution >= 0.6 is 0 Å². The highest BCUT2D eigenvalue weighted by molar-refractivity contribution is 5.39. The summed E-state index contributed by atoms with van der Waals surface area (Å²) in [5, 5.41) is 3.53. The van der Waals surface area contributed by atoms with Gasteiger partial charge in [0.1, 0.15) is 11.5 Å². The molecule has 2 aromatic rings. The van der Waals surface area contributed by atoms with Crippen molar-refractivity contribution in [2.75, 3.05) is 14.2 Å². The van der Waals surface area contributed by atoms with Crippen LogP contribution in [0.2, 0.25) is 0 Å². The van der Waals surface area contributed by atoms with Gasteiger partial charge < -0.3 is 14.8 Å². The summed E-state index contributed by atoms with van der Waals surface area (Å²) >= 11 is 0. The number of nitrogens with one attached hydrogen (secondary N) is 1. The molecule has 0 aliphatic rings. The lowest BCUT2D eigenvalue weighted by molar-refractivity contribution is 0.397. The fraction of sp³-hybridized carbons (Fsp3) is 0.333. The first-order valence-corrected chi connectivity index (χ1v) is 7.15. The molecule has 0 amide bonds. The van der Waals surface area contributed by atoms with E-state index < -0.39 is 0 Å². The van der Waals surface area contributed by atoms with E-state index in [2.05, 4.69) is 37.4 Å². The molecule has 1 atom stereocenters. The van der Waals surface area contributed by atoms with E-state index in [9.17, 15) is 0 Å². The van der Waals surface area contributed by atoms with Crippen molar-refractivity contribution in [2.45, 2.75) is 26.4 Å². The van der Waals surface area contributed by atoms with Gasteiger partial charge in [-0.25, -0.2) is 0 Å². The molecule has 21 heavy (non-hydrogen) atoms. The molecular weight excluding hydrogens is 262 g/mol. The van der Waals surface area contributed by atoms with Gasteiger partial charge in [0.15, 0.2) is 0 Å². The predicted octanol–water partition coefficient (Wildman–Crippen LogP) is 3.86. The van der Waals surface area contributed by atoms with Crippen molar-refractivity contribution in [3.8, 4) is 11.5 Å². The number of hydrogen-bond acceptors (Lipinski definition) is 3. The van der Waals surface area contributed by atoms with Crippen molar-refractivity contribution < 1.29 is 9.47 Å². The second-order valence-corrected chi connectivity index (χ2v) is 5.16. The van der Waals surface area contributed by atoms with Gasteiger partial charge >= 0.3 is 0 Å². The monoisotopic (exact) mass is 285 g/mol. The van der Waals surface area contributed by atoms with Gasteiger partial charge in [-0.15, -0.1) is 0 Å². The predicted molar refractivity (Wildman–Crippen MR) is 86.0 cm³/mol. The van der Waals surface area contributed by atoms with E-state index in [1.165, 1.54) is 11.1 Å². The summed E-state index contributed by atoms with van der Waals surface area (Å²) in [5.41, 5.74) is 3.56. The van der Waals surface area contributed by atoms with Crippen molar-refractivity contribution in [3.63, 3.8) is 0 Å². The Morgan fingerprint density at radius 1 is 1.00 bits per heavy atom. The Balaban J connectivity index is 2.11. The Morgan fingerprint density at radius 2 is 1.71 bits per heavy atom. The summed E-state index contributed by atoms with van der Waals surface area (Å²) in [4.78, 5) is 0. The van der Waals surface area contributed by atoms with Crippen molar-refractivity contribution in [3.05, 3.63) is 59.2 Å². The van der Waals surface area contributed by atoms with E-state index in [4.69, 9.17) is 9.47 Å². The number of methoxy groups -OCH3 is 2. The summed E-state index contributed by atoms with van der Waals surface area (Å²) < 4.78 is 10.8. The summed E-state index contributed by atoms with van der Waals surface area (Å²) in [7, 11) is 3.41. The van der Waals surface area contributed by atoms with Crippen LogP contribution < -0.4 is 14.8 Å². The molecular formula is C18H23NO2. The van der Waals surface area contributed by atoms with Crippen LogP contribution in [0.15, 0.2) is 42.5 Å². The number of ether oxygens (including phenoxy) is 2. The van der Waals surface area contributed by atoms with Crippen LogP contribution in [0.25, 0.3) is 0 Å². The van der Waals surface area contributed by atoms with E-state index >= 15 is 0 Å². The molecule has 0 saturated heterocycles. The lowest BCUT2D eigenvalue weighted by atomic mass is 10.0. The zero-order valence-corrected chi connectivity index (χ0v) is 13.1. The SMILES string of the molecule is COc1ccccc1CNC(C)c1cc(C)ccc1OC. The molecule has 0 heterocycles. The summed E-state index contributed by atoms with van der Waals surface area (Å²) in [6.45, 7) is 4.99. The first kappa shape index (κ1) is 15.4. The first-order valence-electron chi connectivity index (χ1n) is 7.15. The fourth-order valence-corrected chi connectivity index (χ4v) is 2.41. The second-order valence-electron chi connectivity index (χ2n) is 5.16. The Bertz CT molecular complexity index is 596. The van der Waals surface area contributed by atoms with Crippen LogP contribution in [0, 0.1) is 6.92 Å². The highest BCUT2D eigenvalue weighted by atomic mass is 16.5. The maximum absolute atomic E-state index is 5.45. The molecule has 3 heteroatoms. The van der Waals surface area contributed by atoms with Crippen molar-refractivity contribution in [1.82, 2.24) is 5.32 Å². The molecule has 2 rings (SSSR count). The smallest absolute Gasteiger partial charge is 0.123 e. The third-order valence-corrected chi connectivity index (χ3v) is 3.64. The Hall–Kier alpha value is -2.00. The average molecular weight is 285 g/mol. The number of benzene rings is 2. The fourth-order valence-electron chi connectivity index (χ4n) is 2.41. The zero-order chi connectivity index (χ0) is 15.2.